The summed E-state index contributed by atoms with van der Waals surface area (Å²) in [4.78, 5) is 41.2. The van der Waals surface area contributed by atoms with Gasteiger partial charge in [0, 0.05) is 12.1 Å². The summed E-state index contributed by atoms with van der Waals surface area (Å²) >= 11 is 0. The number of aliphatic hydroxyl groups is 1. The number of hydrogen-bond acceptors (Lipinski definition) is 5. The zero-order chi connectivity index (χ0) is 27.5. The van der Waals surface area contributed by atoms with E-state index in [-0.39, 0.29) is 5.91 Å². The van der Waals surface area contributed by atoms with Crippen LogP contribution in [0.3, 0.4) is 0 Å². The molecular weight excluding hydrogens is 458 g/mol. The van der Waals surface area contributed by atoms with Gasteiger partial charge in [0.25, 0.3) is 0 Å². The molecule has 0 aliphatic carbocycles. The third-order valence-electron chi connectivity index (χ3n) is 5.41. The highest BCUT2D eigenvalue weighted by Crippen LogP contribution is 2.25. The molecule has 8 nitrogen and oxygen atoms in total. The van der Waals surface area contributed by atoms with Crippen molar-refractivity contribution in [2.45, 2.75) is 111 Å². The third kappa shape index (κ3) is 11.4. The van der Waals surface area contributed by atoms with Gasteiger partial charge in [-0.2, -0.15) is 0 Å². The van der Waals surface area contributed by atoms with Gasteiger partial charge in [0.2, 0.25) is 11.8 Å². The van der Waals surface area contributed by atoms with Crippen LogP contribution in [0.2, 0.25) is 0 Å². The highest BCUT2D eigenvalue weighted by Gasteiger charge is 2.36. The lowest BCUT2D eigenvalue weighted by molar-refractivity contribution is -0.144. The zero-order valence-electron chi connectivity index (χ0n) is 23.4. The van der Waals surface area contributed by atoms with E-state index < -0.39 is 41.8 Å². The number of nitrogens with one attached hydrogen (secondary N) is 2. The Kier molecular flexibility index (Phi) is 12.4. The van der Waals surface area contributed by atoms with Crippen molar-refractivity contribution in [2.24, 2.45) is 0 Å². The molecule has 0 aliphatic rings. The minimum absolute atomic E-state index is 0.311. The molecular formula is C28H47N3O5. The lowest BCUT2D eigenvalue weighted by Crippen LogP contribution is -2.55. The summed E-state index contributed by atoms with van der Waals surface area (Å²) in [6.07, 6.45) is 4.02. The Hall–Kier alpha value is -2.61. The molecule has 1 aromatic rings. The standard InChI is InChI=1S/C28H47N3O5/c1-9-10-11-12-13-18-31(25(34)22(19-32)29-26(35)36-28(6,7)8)23(24(33)30-27(3,4)5)21-16-14-20(2)15-17-21/h14-17,22-23,32H,9-13,18-19H2,1-8H3,(H,29,35)(H,30,33). The molecule has 0 aliphatic heterocycles. The second-order valence-corrected chi connectivity index (χ2v) is 11.4. The van der Waals surface area contributed by atoms with Crippen molar-refractivity contribution in [3.63, 3.8) is 0 Å². The van der Waals surface area contributed by atoms with Gasteiger partial charge in [-0.3, -0.25) is 9.59 Å². The summed E-state index contributed by atoms with van der Waals surface area (Å²) < 4.78 is 5.29. The van der Waals surface area contributed by atoms with Gasteiger partial charge in [-0.1, -0.05) is 62.4 Å². The molecule has 0 saturated heterocycles. The third-order valence-corrected chi connectivity index (χ3v) is 5.41. The predicted octanol–water partition coefficient (Wildman–Crippen LogP) is 4.64. The van der Waals surface area contributed by atoms with E-state index in [9.17, 15) is 19.5 Å². The molecule has 0 radical (unpaired) electrons. The Bertz CT molecular complexity index is 840. The molecule has 0 heterocycles. The lowest BCUT2D eigenvalue weighted by Gasteiger charge is -2.35. The van der Waals surface area contributed by atoms with Crippen LogP contribution >= 0.6 is 0 Å². The number of nitrogens with zero attached hydrogens (tertiary/aromatic N) is 1. The lowest BCUT2D eigenvalue weighted by atomic mass is 9.99. The van der Waals surface area contributed by atoms with Gasteiger partial charge in [0.1, 0.15) is 17.7 Å². The van der Waals surface area contributed by atoms with Crippen molar-refractivity contribution in [1.29, 1.82) is 0 Å². The van der Waals surface area contributed by atoms with Crippen LogP contribution in [0.5, 0.6) is 0 Å². The molecule has 8 heteroatoms. The van der Waals surface area contributed by atoms with Crippen molar-refractivity contribution in [1.82, 2.24) is 15.5 Å². The summed E-state index contributed by atoms with van der Waals surface area (Å²) in [6.45, 7) is 14.6. The summed E-state index contributed by atoms with van der Waals surface area (Å²) in [6, 6.07) is 5.32. The van der Waals surface area contributed by atoms with Crippen LogP contribution in [0, 0.1) is 6.92 Å². The second kappa shape index (κ2) is 14.2. The zero-order valence-corrected chi connectivity index (χ0v) is 23.4. The molecule has 36 heavy (non-hydrogen) atoms. The quantitative estimate of drug-likeness (QED) is 0.359. The first-order valence-electron chi connectivity index (χ1n) is 13.0. The molecule has 204 valence electrons. The first-order chi connectivity index (χ1) is 16.7. The number of rotatable bonds is 12. The van der Waals surface area contributed by atoms with Crippen LogP contribution in [0.1, 0.15) is 97.7 Å². The number of hydrogen-bond donors (Lipinski definition) is 3. The number of amides is 3. The smallest absolute Gasteiger partial charge is 0.408 e. The summed E-state index contributed by atoms with van der Waals surface area (Å²) in [5, 5.41) is 15.5. The topological polar surface area (TPSA) is 108 Å². The molecule has 2 atom stereocenters. The van der Waals surface area contributed by atoms with Crippen LogP contribution in [0.15, 0.2) is 24.3 Å². The van der Waals surface area contributed by atoms with E-state index in [4.69, 9.17) is 4.74 Å². The largest absolute Gasteiger partial charge is 0.444 e. The van der Waals surface area contributed by atoms with E-state index in [2.05, 4.69) is 17.6 Å². The summed E-state index contributed by atoms with van der Waals surface area (Å²) in [5.74, 6) is -0.851. The minimum Gasteiger partial charge on any atom is -0.444 e. The average Bonchev–Trinajstić information content (AvgIpc) is 2.74. The highest BCUT2D eigenvalue weighted by atomic mass is 16.6. The SMILES string of the molecule is CCCCCCCN(C(=O)C(CO)NC(=O)OC(C)(C)C)C(C(=O)NC(C)(C)C)c1ccc(C)cc1. The first-order valence-corrected chi connectivity index (χ1v) is 13.0. The van der Waals surface area contributed by atoms with E-state index >= 15 is 0 Å². The van der Waals surface area contributed by atoms with Gasteiger partial charge >= 0.3 is 6.09 Å². The number of aryl methyl sites for hydroxylation is 1. The molecule has 3 N–H and O–H groups in total. The fraction of sp³-hybridized carbons (Fsp3) is 0.679. The molecule has 0 fully saturated rings. The van der Waals surface area contributed by atoms with E-state index in [0.717, 1.165) is 31.2 Å². The van der Waals surface area contributed by atoms with E-state index in [0.29, 0.717) is 18.5 Å². The number of benzene rings is 1. The summed E-state index contributed by atoms with van der Waals surface area (Å²) in [5.41, 5.74) is 0.425. The van der Waals surface area contributed by atoms with Crippen LogP contribution in [-0.2, 0) is 14.3 Å². The fourth-order valence-corrected chi connectivity index (χ4v) is 3.75. The van der Waals surface area contributed by atoms with Crippen molar-refractivity contribution in [3.05, 3.63) is 35.4 Å². The Balaban J connectivity index is 3.37. The van der Waals surface area contributed by atoms with Gasteiger partial charge in [-0.15, -0.1) is 0 Å². The van der Waals surface area contributed by atoms with Gasteiger partial charge in [0.15, 0.2) is 0 Å². The second-order valence-electron chi connectivity index (χ2n) is 11.4. The summed E-state index contributed by atoms with van der Waals surface area (Å²) in [7, 11) is 0. The van der Waals surface area contributed by atoms with Crippen LogP contribution in [0.4, 0.5) is 4.79 Å². The minimum atomic E-state index is -1.24. The molecule has 0 aromatic heterocycles. The molecule has 0 bridgehead atoms. The highest BCUT2D eigenvalue weighted by molar-refractivity contribution is 5.92. The normalized spacial score (nSPS) is 13.5. The molecule has 3 amide bonds. The Morgan fingerprint density at radius 1 is 0.972 bits per heavy atom. The Morgan fingerprint density at radius 2 is 1.56 bits per heavy atom. The average molecular weight is 506 g/mol. The first kappa shape index (κ1) is 31.4. The Morgan fingerprint density at radius 3 is 2.06 bits per heavy atom. The molecule has 1 rings (SSSR count). The fourth-order valence-electron chi connectivity index (χ4n) is 3.75. The van der Waals surface area contributed by atoms with Gasteiger partial charge in [0.05, 0.1) is 6.61 Å². The number of unbranched alkanes of at least 4 members (excludes halogenated alkanes) is 4. The van der Waals surface area contributed by atoms with Crippen LogP contribution in [-0.4, -0.2) is 58.2 Å². The van der Waals surface area contributed by atoms with Crippen molar-refractivity contribution >= 4 is 17.9 Å². The maximum atomic E-state index is 13.8. The molecule has 2 unspecified atom stereocenters. The van der Waals surface area contributed by atoms with Crippen LogP contribution < -0.4 is 10.6 Å². The molecule has 1 aromatic carbocycles. The van der Waals surface area contributed by atoms with E-state index in [1.807, 2.05) is 52.0 Å². The van der Waals surface area contributed by atoms with Crippen molar-refractivity contribution < 1.29 is 24.2 Å². The van der Waals surface area contributed by atoms with E-state index in [1.165, 1.54) is 4.90 Å². The monoisotopic (exact) mass is 505 g/mol. The van der Waals surface area contributed by atoms with Gasteiger partial charge < -0.3 is 25.4 Å². The number of alkyl carbamates (subject to hydrolysis) is 1. The number of carbonyl (C=O) groups excluding carboxylic acids is 3. The maximum absolute atomic E-state index is 13.8. The van der Waals surface area contributed by atoms with Crippen molar-refractivity contribution in [3.8, 4) is 0 Å². The molecule has 0 saturated carbocycles. The van der Waals surface area contributed by atoms with Gasteiger partial charge in [-0.05, 0) is 60.5 Å². The van der Waals surface area contributed by atoms with E-state index in [1.54, 1.807) is 20.8 Å². The van der Waals surface area contributed by atoms with Gasteiger partial charge in [-0.25, -0.2) is 4.79 Å². The molecule has 0 spiro atoms. The van der Waals surface area contributed by atoms with Crippen molar-refractivity contribution in [2.75, 3.05) is 13.2 Å². The number of aliphatic hydroxyl groups excluding tert-OH is 1. The maximum Gasteiger partial charge on any atom is 0.408 e. The van der Waals surface area contributed by atoms with Crippen LogP contribution in [0.25, 0.3) is 0 Å². The number of carbonyl (C=O) groups is 3. The predicted molar refractivity (Wildman–Crippen MR) is 143 cm³/mol. The Labute approximate surface area is 217 Å². The number of ether oxygens (including phenoxy) is 1.